The first-order valence-electron chi connectivity index (χ1n) is 7.87. The molecular formula is C16H18N6O. The maximum atomic E-state index is 12.8. The van der Waals surface area contributed by atoms with Gasteiger partial charge in [-0.05, 0) is 30.5 Å². The third-order valence-electron chi connectivity index (χ3n) is 4.21. The van der Waals surface area contributed by atoms with Gasteiger partial charge in [0, 0.05) is 31.5 Å². The molecule has 3 aliphatic rings. The second-order valence-corrected chi connectivity index (χ2v) is 5.84. The molecule has 1 aromatic heterocycles. The van der Waals surface area contributed by atoms with E-state index in [9.17, 15) is 4.79 Å². The standard InChI is InChI=1S/C16H18N6O/c1-2-7-21-14-13(18-10-19-14)15-20-12(9-22(15)16(21)23)8-11-3-5-17-6-4-11/h3-6,10,12,20H,2,7-9H2,1H3. The highest BCUT2D eigenvalue weighted by molar-refractivity contribution is 5.69. The minimum atomic E-state index is -0.0143. The summed E-state index contributed by atoms with van der Waals surface area (Å²) >= 11 is 0. The first kappa shape index (κ1) is 13.9. The van der Waals surface area contributed by atoms with Crippen molar-refractivity contribution in [2.45, 2.75) is 38.9 Å². The molecule has 7 heteroatoms. The van der Waals surface area contributed by atoms with Crippen LogP contribution in [0, 0.1) is 0 Å². The molecule has 1 aromatic rings. The Morgan fingerprint density at radius 3 is 2.91 bits per heavy atom. The van der Waals surface area contributed by atoms with Gasteiger partial charge in [-0.1, -0.05) is 6.92 Å². The second-order valence-electron chi connectivity index (χ2n) is 5.84. The van der Waals surface area contributed by atoms with Crippen LogP contribution in [-0.4, -0.2) is 30.1 Å². The number of nitrogens with one attached hydrogen (secondary N) is 1. The molecular weight excluding hydrogens is 292 g/mol. The van der Waals surface area contributed by atoms with E-state index in [2.05, 4.69) is 27.2 Å². The molecule has 3 aliphatic heterocycles. The number of hydrogen-bond acceptors (Lipinski definition) is 5. The third kappa shape index (κ3) is 2.28. The zero-order valence-electron chi connectivity index (χ0n) is 12.9. The largest absolute Gasteiger partial charge is 0.365 e. The van der Waals surface area contributed by atoms with Crippen molar-refractivity contribution in [1.29, 1.82) is 0 Å². The Balaban J connectivity index is 1.71. The van der Waals surface area contributed by atoms with Crippen LogP contribution >= 0.6 is 0 Å². The molecule has 0 amide bonds. The first-order chi connectivity index (χ1) is 11.3. The van der Waals surface area contributed by atoms with Crippen LogP contribution in [0.25, 0.3) is 11.5 Å². The van der Waals surface area contributed by atoms with E-state index in [1.165, 1.54) is 11.9 Å². The van der Waals surface area contributed by atoms with Gasteiger partial charge in [-0.25, -0.2) is 14.8 Å². The normalized spacial score (nSPS) is 16.5. The van der Waals surface area contributed by atoms with Crippen LogP contribution in [0.1, 0.15) is 18.9 Å². The molecule has 0 spiro atoms. The maximum absolute atomic E-state index is 12.8. The summed E-state index contributed by atoms with van der Waals surface area (Å²) in [6.45, 7) is 3.35. The fraction of sp³-hybridized carbons (Fsp3) is 0.375. The van der Waals surface area contributed by atoms with Crippen molar-refractivity contribution in [2.75, 3.05) is 5.32 Å². The zero-order valence-corrected chi connectivity index (χ0v) is 12.9. The number of fused-ring (bicyclic) bond motifs is 3. The number of hydrogen-bond donors (Lipinski definition) is 1. The van der Waals surface area contributed by atoms with Gasteiger partial charge in [0.15, 0.2) is 5.82 Å². The predicted molar refractivity (Wildman–Crippen MR) is 86.5 cm³/mol. The predicted octanol–water partition coefficient (Wildman–Crippen LogP) is 1.39. The molecule has 0 saturated heterocycles. The van der Waals surface area contributed by atoms with Crippen molar-refractivity contribution in [3.8, 4) is 11.5 Å². The van der Waals surface area contributed by atoms with Gasteiger partial charge in [-0.2, -0.15) is 0 Å². The van der Waals surface area contributed by atoms with E-state index in [0.717, 1.165) is 24.4 Å². The van der Waals surface area contributed by atoms with E-state index in [-0.39, 0.29) is 11.7 Å². The molecule has 0 aliphatic carbocycles. The van der Waals surface area contributed by atoms with E-state index < -0.39 is 0 Å². The Bertz CT molecular complexity index is 853. The van der Waals surface area contributed by atoms with Crippen molar-refractivity contribution in [3.05, 3.63) is 46.9 Å². The SMILES string of the molecule is CCCn1c2ncnc-2c2n(c1=O)CC(Cc1ccncc1)N2. The summed E-state index contributed by atoms with van der Waals surface area (Å²) in [6, 6.07) is 4.17. The number of anilines is 1. The zero-order chi connectivity index (χ0) is 15.8. The number of rotatable bonds is 4. The molecule has 0 bridgehead atoms. The summed E-state index contributed by atoms with van der Waals surface area (Å²) in [5.41, 5.74) is 1.96. The number of nitrogens with zero attached hydrogens (tertiary/aromatic N) is 5. The number of pyridine rings is 1. The van der Waals surface area contributed by atoms with Crippen LogP contribution in [0.2, 0.25) is 0 Å². The molecule has 7 nitrogen and oxygen atoms in total. The molecule has 4 heterocycles. The van der Waals surface area contributed by atoms with Crippen molar-refractivity contribution < 1.29 is 0 Å². The Morgan fingerprint density at radius 2 is 2.13 bits per heavy atom. The topological polar surface area (TPSA) is 77.6 Å². The first-order valence-corrected chi connectivity index (χ1v) is 7.87. The highest BCUT2D eigenvalue weighted by Crippen LogP contribution is 2.29. The van der Waals surface area contributed by atoms with Crippen molar-refractivity contribution in [2.24, 2.45) is 0 Å². The minimum Gasteiger partial charge on any atom is -0.365 e. The summed E-state index contributed by atoms with van der Waals surface area (Å²) in [4.78, 5) is 25.4. The molecule has 118 valence electrons. The van der Waals surface area contributed by atoms with Gasteiger partial charge >= 0.3 is 5.69 Å². The van der Waals surface area contributed by atoms with E-state index in [1.807, 2.05) is 12.1 Å². The smallest absolute Gasteiger partial charge is 0.331 e. The van der Waals surface area contributed by atoms with Gasteiger partial charge in [0.25, 0.3) is 0 Å². The Labute approximate surface area is 133 Å². The van der Waals surface area contributed by atoms with Crippen LogP contribution in [0.3, 0.4) is 0 Å². The van der Waals surface area contributed by atoms with Gasteiger partial charge in [0.2, 0.25) is 0 Å². The van der Waals surface area contributed by atoms with Gasteiger partial charge < -0.3 is 5.32 Å². The van der Waals surface area contributed by atoms with Crippen LogP contribution in [0.4, 0.5) is 5.82 Å². The lowest BCUT2D eigenvalue weighted by Crippen LogP contribution is -2.32. The average molecular weight is 310 g/mol. The van der Waals surface area contributed by atoms with Gasteiger partial charge in [-0.3, -0.25) is 14.1 Å². The summed E-state index contributed by atoms with van der Waals surface area (Å²) in [7, 11) is 0. The molecule has 0 saturated carbocycles. The molecule has 23 heavy (non-hydrogen) atoms. The highest BCUT2D eigenvalue weighted by atomic mass is 16.1. The van der Waals surface area contributed by atoms with Gasteiger partial charge in [-0.15, -0.1) is 0 Å². The van der Waals surface area contributed by atoms with Crippen LogP contribution in [0.5, 0.6) is 0 Å². The summed E-state index contributed by atoms with van der Waals surface area (Å²) in [5.74, 6) is 1.45. The molecule has 1 N–H and O–H groups in total. The Hall–Kier alpha value is -2.70. The molecule has 1 unspecified atom stereocenters. The molecule has 0 radical (unpaired) electrons. The summed E-state index contributed by atoms with van der Waals surface area (Å²) in [5, 5.41) is 3.45. The number of aromatic nitrogens is 5. The van der Waals surface area contributed by atoms with E-state index in [4.69, 9.17) is 0 Å². The lowest BCUT2D eigenvalue weighted by atomic mass is 10.1. The van der Waals surface area contributed by atoms with E-state index in [0.29, 0.717) is 18.9 Å². The Morgan fingerprint density at radius 1 is 1.30 bits per heavy atom. The Kier molecular flexibility index (Phi) is 3.33. The molecule has 0 aromatic carbocycles. The van der Waals surface area contributed by atoms with Crippen molar-refractivity contribution in [3.63, 3.8) is 0 Å². The fourth-order valence-electron chi connectivity index (χ4n) is 3.20. The molecule has 1 atom stereocenters. The average Bonchev–Trinajstić information content (AvgIpc) is 3.19. The van der Waals surface area contributed by atoms with E-state index >= 15 is 0 Å². The minimum absolute atomic E-state index is 0.0143. The molecule has 0 fully saturated rings. The fourth-order valence-corrected chi connectivity index (χ4v) is 3.20. The maximum Gasteiger partial charge on any atom is 0.331 e. The summed E-state index contributed by atoms with van der Waals surface area (Å²) in [6.07, 6.45) is 6.83. The lowest BCUT2D eigenvalue weighted by Gasteiger charge is -2.13. The summed E-state index contributed by atoms with van der Waals surface area (Å²) < 4.78 is 3.51. The van der Waals surface area contributed by atoms with Crippen LogP contribution < -0.4 is 11.0 Å². The second kappa shape index (κ2) is 5.49. The van der Waals surface area contributed by atoms with Crippen molar-refractivity contribution >= 4 is 5.82 Å². The monoisotopic (exact) mass is 310 g/mol. The van der Waals surface area contributed by atoms with E-state index in [1.54, 1.807) is 21.5 Å². The highest BCUT2D eigenvalue weighted by Gasteiger charge is 2.30. The van der Waals surface area contributed by atoms with Crippen LogP contribution in [0.15, 0.2) is 35.6 Å². The number of imidazole rings is 1. The lowest BCUT2D eigenvalue weighted by molar-refractivity contribution is 0.560. The quantitative estimate of drug-likeness (QED) is 0.788. The van der Waals surface area contributed by atoms with Gasteiger partial charge in [0.1, 0.15) is 17.8 Å². The van der Waals surface area contributed by atoms with Gasteiger partial charge in [0.05, 0.1) is 0 Å². The third-order valence-corrected chi connectivity index (χ3v) is 4.21. The van der Waals surface area contributed by atoms with Crippen LogP contribution in [-0.2, 0) is 19.5 Å². The van der Waals surface area contributed by atoms with Crippen molar-refractivity contribution in [1.82, 2.24) is 24.1 Å². The molecule has 4 rings (SSSR count).